The Bertz CT molecular complexity index is 543. The quantitative estimate of drug-likeness (QED) is 0.874. The van der Waals surface area contributed by atoms with Crippen molar-refractivity contribution in [2.45, 2.75) is 0 Å². The van der Waals surface area contributed by atoms with Crippen LogP contribution in [0.1, 0.15) is 16.1 Å². The van der Waals surface area contributed by atoms with Crippen LogP contribution in [0.5, 0.6) is 0 Å². The van der Waals surface area contributed by atoms with Gasteiger partial charge in [-0.3, -0.25) is 9.48 Å². The number of anilines is 1. The Morgan fingerprint density at radius 2 is 2.12 bits per heavy atom. The van der Waals surface area contributed by atoms with Gasteiger partial charge >= 0.3 is 0 Å². The zero-order valence-electron chi connectivity index (χ0n) is 9.55. The van der Waals surface area contributed by atoms with E-state index in [9.17, 15) is 4.79 Å². The molecular weight excluding hydrogens is 214 g/mol. The molecule has 2 aromatic rings. The molecule has 0 spiro atoms. The highest BCUT2D eigenvalue weighted by Crippen LogP contribution is 2.12. The van der Waals surface area contributed by atoms with Gasteiger partial charge < -0.3 is 5.32 Å². The molecular formula is C13H13N3O. The van der Waals surface area contributed by atoms with Crippen molar-refractivity contribution >= 4 is 17.7 Å². The number of carbonyl (C=O) groups is 1. The number of carbonyl (C=O) groups excluding carboxylic acids is 1. The molecule has 0 aliphatic heterocycles. The minimum Gasteiger partial charge on any atom is -0.321 e. The molecule has 4 heteroatoms. The fourth-order valence-electron chi connectivity index (χ4n) is 1.59. The predicted molar refractivity (Wildman–Crippen MR) is 67.7 cm³/mol. The molecule has 0 saturated carbocycles. The normalized spacial score (nSPS) is 9.94. The number of hydrogen-bond acceptors (Lipinski definition) is 2. The first-order valence-corrected chi connectivity index (χ1v) is 5.23. The molecule has 1 heterocycles. The van der Waals surface area contributed by atoms with E-state index in [1.165, 1.54) is 4.68 Å². The summed E-state index contributed by atoms with van der Waals surface area (Å²) in [5.41, 5.74) is 1.98. The van der Waals surface area contributed by atoms with Crippen molar-refractivity contribution in [2.24, 2.45) is 7.05 Å². The van der Waals surface area contributed by atoms with Gasteiger partial charge in [0.1, 0.15) is 5.69 Å². The molecule has 4 nitrogen and oxygen atoms in total. The Kier molecular flexibility index (Phi) is 3.05. The minimum atomic E-state index is -0.189. The maximum Gasteiger partial charge on any atom is 0.274 e. The minimum absolute atomic E-state index is 0.189. The first kappa shape index (κ1) is 11.1. The lowest BCUT2D eigenvalue weighted by Gasteiger charge is -2.06. The predicted octanol–water partition coefficient (Wildman–Crippen LogP) is 2.32. The van der Waals surface area contributed by atoms with E-state index in [1.54, 1.807) is 19.3 Å². The van der Waals surface area contributed by atoms with Gasteiger partial charge in [0.2, 0.25) is 0 Å². The second kappa shape index (κ2) is 4.65. The third-order valence-electron chi connectivity index (χ3n) is 2.43. The highest BCUT2D eigenvalue weighted by atomic mass is 16.2. The van der Waals surface area contributed by atoms with Crippen LogP contribution in [0.2, 0.25) is 0 Å². The van der Waals surface area contributed by atoms with E-state index in [1.807, 2.05) is 30.3 Å². The molecule has 0 saturated heterocycles. The molecule has 0 fully saturated rings. The van der Waals surface area contributed by atoms with Crippen LogP contribution in [0.4, 0.5) is 5.69 Å². The number of aromatic nitrogens is 2. The van der Waals surface area contributed by atoms with E-state index in [4.69, 9.17) is 0 Å². The molecule has 1 amide bonds. The van der Waals surface area contributed by atoms with Gasteiger partial charge in [0.15, 0.2) is 0 Å². The lowest BCUT2D eigenvalue weighted by molar-refractivity contribution is 0.101. The van der Waals surface area contributed by atoms with Crippen LogP contribution in [0.3, 0.4) is 0 Å². The first-order chi connectivity index (χ1) is 8.22. The van der Waals surface area contributed by atoms with Gasteiger partial charge in [0.05, 0.1) is 6.20 Å². The van der Waals surface area contributed by atoms with E-state index in [0.717, 1.165) is 11.3 Å². The molecule has 2 rings (SSSR count). The monoisotopic (exact) mass is 227 g/mol. The van der Waals surface area contributed by atoms with Gasteiger partial charge in [-0.25, -0.2) is 0 Å². The molecule has 0 atom stereocenters. The summed E-state index contributed by atoms with van der Waals surface area (Å²) in [7, 11) is 1.73. The van der Waals surface area contributed by atoms with E-state index in [0.29, 0.717) is 5.69 Å². The van der Waals surface area contributed by atoms with Crippen LogP contribution in [0.25, 0.3) is 6.08 Å². The van der Waals surface area contributed by atoms with Gasteiger partial charge in [-0.15, -0.1) is 0 Å². The maximum absolute atomic E-state index is 12.1. The van der Waals surface area contributed by atoms with Crippen LogP contribution in [0.15, 0.2) is 43.1 Å². The van der Waals surface area contributed by atoms with Crippen molar-refractivity contribution in [1.29, 1.82) is 0 Å². The largest absolute Gasteiger partial charge is 0.321 e. The summed E-state index contributed by atoms with van der Waals surface area (Å²) in [4.78, 5) is 12.1. The fourth-order valence-corrected chi connectivity index (χ4v) is 1.59. The van der Waals surface area contributed by atoms with Crippen molar-refractivity contribution < 1.29 is 4.79 Å². The van der Waals surface area contributed by atoms with Gasteiger partial charge in [0, 0.05) is 18.3 Å². The molecule has 17 heavy (non-hydrogen) atoms. The van der Waals surface area contributed by atoms with Crippen LogP contribution in [-0.2, 0) is 7.05 Å². The highest BCUT2D eigenvalue weighted by Gasteiger charge is 2.14. The van der Waals surface area contributed by atoms with Crippen molar-refractivity contribution in [2.75, 3.05) is 5.32 Å². The van der Waals surface area contributed by atoms with Gasteiger partial charge in [-0.2, -0.15) is 5.10 Å². The zero-order chi connectivity index (χ0) is 12.3. The summed E-state index contributed by atoms with van der Waals surface area (Å²) >= 11 is 0. The number of amides is 1. The number of benzene rings is 1. The highest BCUT2D eigenvalue weighted by molar-refractivity contribution is 6.05. The molecule has 0 aliphatic rings. The van der Waals surface area contributed by atoms with Gasteiger partial charge in [-0.1, -0.05) is 30.9 Å². The number of rotatable bonds is 3. The van der Waals surface area contributed by atoms with E-state index in [-0.39, 0.29) is 5.91 Å². The van der Waals surface area contributed by atoms with Gasteiger partial charge in [-0.05, 0) is 12.1 Å². The van der Waals surface area contributed by atoms with Crippen molar-refractivity contribution in [3.8, 4) is 0 Å². The van der Waals surface area contributed by atoms with Crippen molar-refractivity contribution in [3.63, 3.8) is 0 Å². The average molecular weight is 227 g/mol. The summed E-state index contributed by atoms with van der Waals surface area (Å²) < 4.78 is 1.54. The van der Waals surface area contributed by atoms with Crippen LogP contribution in [0, 0.1) is 0 Å². The SMILES string of the molecule is C=Cc1cnn(C)c1C(=O)Nc1ccccc1. The van der Waals surface area contributed by atoms with Crippen molar-refractivity contribution in [3.05, 3.63) is 54.4 Å². The first-order valence-electron chi connectivity index (χ1n) is 5.23. The van der Waals surface area contributed by atoms with Crippen LogP contribution < -0.4 is 5.32 Å². The molecule has 0 unspecified atom stereocenters. The smallest absolute Gasteiger partial charge is 0.274 e. The number of nitrogens with one attached hydrogen (secondary N) is 1. The number of nitrogens with zero attached hydrogens (tertiary/aromatic N) is 2. The molecule has 0 aliphatic carbocycles. The van der Waals surface area contributed by atoms with Crippen LogP contribution in [-0.4, -0.2) is 15.7 Å². The Hall–Kier alpha value is -2.36. The molecule has 0 bridgehead atoms. The summed E-state index contributed by atoms with van der Waals surface area (Å²) in [5.74, 6) is -0.189. The third-order valence-corrected chi connectivity index (χ3v) is 2.43. The fraction of sp³-hybridized carbons (Fsp3) is 0.0769. The number of hydrogen-bond donors (Lipinski definition) is 1. The zero-order valence-corrected chi connectivity index (χ0v) is 9.55. The maximum atomic E-state index is 12.1. The standard InChI is InChI=1S/C13H13N3O/c1-3-10-9-14-16(2)12(10)13(17)15-11-7-5-4-6-8-11/h3-9H,1H2,2H3,(H,15,17). The van der Waals surface area contributed by atoms with E-state index in [2.05, 4.69) is 17.0 Å². The molecule has 1 aromatic heterocycles. The summed E-state index contributed by atoms with van der Waals surface area (Å²) in [6, 6.07) is 9.30. The Morgan fingerprint density at radius 1 is 1.41 bits per heavy atom. The molecule has 86 valence electrons. The third kappa shape index (κ3) is 2.25. The van der Waals surface area contributed by atoms with Gasteiger partial charge in [0.25, 0.3) is 5.91 Å². The molecule has 1 aromatic carbocycles. The van der Waals surface area contributed by atoms with E-state index >= 15 is 0 Å². The topological polar surface area (TPSA) is 46.9 Å². The van der Waals surface area contributed by atoms with E-state index < -0.39 is 0 Å². The summed E-state index contributed by atoms with van der Waals surface area (Å²) in [6.07, 6.45) is 3.24. The lowest BCUT2D eigenvalue weighted by Crippen LogP contribution is -2.17. The summed E-state index contributed by atoms with van der Waals surface area (Å²) in [5, 5.41) is 6.85. The van der Waals surface area contributed by atoms with Crippen LogP contribution >= 0.6 is 0 Å². The number of aryl methyl sites for hydroxylation is 1. The second-order valence-corrected chi connectivity index (χ2v) is 3.60. The molecule has 0 radical (unpaired) electrons. The molecule has 1 N–H and O–H groups in total. The Balaban J connectivity index is 2.26. The lowest BCUT2D eigenvalue weighted by atomic mass is 10.2. The van der Waals surface area contributed by atoms with Crippen molar-refractivity contribution in [1.82, 2.24) is 9.78 Å². The second-order valence-electron chi connectivity index (χ2n) is 3.60. The summed E-state index contributed by atoms with van der Waals surface area (Å²) in [6.45, 7) is 3.66. The average Bonchev–Trinajstić information content (AvgIpc) is 2.71. The number of para-hydroxylation sites is 1. The Morgan fingerprint density at radius 3 is 2.76 bits per heavy atom. The Labute approximate surface area is 99.6 Å².